The van der Waals surface area contributed by atoms with Crippen molar-refractivity contribution in [2.75, 3.05) is 39.1 Å². The van der Waals surface area contributed by atoms with Crippen LogP contribution in [-0.4, -0.2) is 58.3 Å². The quantitative estimate of drug-likeness (QED) is 0.629. The van der Waals surface area contributed by atoms with Gasteiger partial charge in [-0.3, -0.25) is 9.69 Å². The number of carbonyl (C=O) groups is 1. The number of nitrogens with zero attached hydrogens (tertiary/aromatic N) is 1. The van der Waals surface area contributed by atoms with Crippen molar-refractivity contribution in [2.45, 2.75) is 19.5 Å². The van der Waals surface area contributed by atoms with Gasteiger partial charge in [-0.15, -0.1) is 0 Å². The first-order chi connectivity index (χ1) is 14.4. The van der Waals surface area contributed by atoms with Crippen molar-refractivity contribution >= 4 is 15.9 Å². The number of morpholine rings is 1. The summed E-state index contributed by atoms with van der Waals surface area (Å²) in [6, 6.07) is 15.5. The van der Waals surface area contributed by atoms with E-state index in [0.29, 0.717) is 25.1 Å². The van der Waals surface area contributed by atoms with Gasteiger partial charge < -0.3 is 10.1 Å². The van der Waals surface area contributed by atoms with E-state index in [1.165, 1.54) is 5.56 Å². The Labute approximate surface area is 178 Å². The van der Waals surface area contributed by atoms with E-state index in [0.717, 1.165) is 50.2 Å². The minimum Gasteiger partial charge on any atom is -0.379 e. The second-order valence-electron chi connectivity index (χ2n) is 7.50. The van der Waals surface area contributed by atoms with E-state index < -0.39 is 10.0 Å². The fourth-order valence-electron chi connectivity index (χ4n) is 3.27. The van der Waals surface area contributed by atoms with Gasteiger partial charge in [0.2, 0.25) is 10.0 Å². The molecule has 7 nitrogen and oxygen atoms in total. The van der Waals surface area contributed by atoms with Crippen LogP contribution in [0.3, 0.4) is 0 Å². The SMILES string of the molecule is CS(=O)(=O)NCCc1ccc(C(=O)NCc2ccc(CN3CCOCC3)cc2)cc1. The highest BCUT2D eigenvalue weighted by atomic mass is 32.2. The molecular formula is C22H29N3O4S. The summed E-state index contributed by atoms with van der Waals surface area (Å²) in [5, 5.41) is 2.94. The average molecular weight is 432 g/mol. The van der Waals surface area contributed by atoms with Crippen molar-refractivity contribution in [1.29, 1.82) is 0 Å². The molecule has 0 atom stereocenters. The molecule has 0 aromatic heterocycles. The molecule has 1 aliphatic rings. The Morgan fingerprint density at radius 2 is 1.57 bits per heavy atom. The smallest absolute Gasteiger partial charge is 0.251 e. The first-order valence-corrected chi connectivity index (χ1v) is 12.0. The lowest BCUT2D eigenvalue weighted by atomic mass is 10.1. The third kappa shape index (κ3) is 7.53. The first kappa shape index (κ1) is 22.4. The summed E-state index contributed by atoms with van der Waals surface area (Å²) in [6.45, 7) is 5.24. The Morgan fingerprint density at radius 1 is 0.967 bits per heavy atom. The summed E-state index contributed by atoms with van der Waals surface area (Å²) in [5.74, 6) is -0.131. The largest absolute Gasteiger partial charge is 0.379 e. The van der Waals surface area contributed by atoms with Crippen molar-refractivity contribution in [3.05, 3.63) is 70.8 Å². The summed E-state index contributed by atoms with van der Waals surface area (Å²) in [7, 11) is -3.18. The summed E-state index contributed by atoms with van der Waals surface area (Å²) in [6.07, 6.45) is 1.71. The molecule has 0 aliphatic carbocycles. The molecule has 1 fully saturated rings. The first-order valence-electron chi connectivity index (χ1n) is 10.1. The third-order valence-corrected chi connectivity index (χ3v) is 5.71. The minimum atomic E-state index is -3.18. The van der Waals surface area contributed by atoms with Crippen LogP contribution in [0, 0.1) is 0 Å². The van der Waals surface area contributed by atoms with Gasteiger partial charge in [-0.25, -0.2) is 13.1 Å². The molecule has 0 saturated carbocycles. The number of benzene rings is 2. The molecule has 1 aliphatic heterocycles. The van der Waals surface area contributed by atoms with E-state index in [1.54, 1.807) is 12.1 Å². The van der Waals surface area contributed by atoms with Crippen molar-refractivity contribution in [3.63, 3.8) is 0 Å². The number of ether oxygens (including phenoxy) is 1. The Balaban J connectivity index is 1.44. The van der Waals surface area contributed by atoms with Gasteiger partial charge in [0.15, 0.2) is 0 Å². The van der Waals surface area contributed by atoms with Crippen LogP contribution in [-0.2, 0) is 34.3 Å². The van der Waals surface area contributed by atoms with Crippen LogP contribution in [0.15, 0.2) is 48.5 Å². The highest BCUT2D eigenvalue weighted by Crippen LogP contribution is 2.10. The standard InChI is InChI=1S/C22H29N3O4S/c1-30(27,28)24-11-10-18-6-8-21(9-7-18)22(26)23-16-19-2-4-20(5-3-19)17-25-12-14-29-15-13-25/h2-9,24H,10-17H2,1H3,(H,23,26). The second kappa shape index (κ2) is 10.7. The van der Waals surface area contributed by atoms with Gasteiger partial charge in [-0.1, -0.05) is 36.4 Å². The maximum absolute atomic E-state index is 12.4. The molecule has 8 heteroatoms. The number of hydrogen-bond donors (Lipinski definition) is 2. The third-order valence-electron chi connectivity index (χ3n) is 4.98. The summed E-state index contributed by atoms with van der Waals surface area (Å²) in [4.78, 5) is 14.8. The number of amides is 1. The molecule has 0 bridgehead atoms. The molecule has 0 unspecified atom stereocenters. The number of rotatable bonds is 9. The summed E-state index contributed by atoms with van der Waals surface area (Å²) in [5.41, 5.74) is 3.86. The van der Waals surface area contributed by atoms with Gasteiger partial charge in [-0.2, -0.15) is 0 Å². The lowest BCUT2D eigenvalue weighted by molar-refractivity contribution is 0.0342. The molecule has 2 aromatic rings. The van der Waals surface area contributed by atoms with Crippen molar-refractivity contribution < 1.29 is 17.9 Å². The van der Waals surface area contributed by atoms with Crippen molar-refractivity contribution in [2.24, 2.45) is 0 Å². The van der Waals surface area contributed by atoms with E-state index in [4.69, 9.17) is 4.74 Å². The molecule has 3 rings (SSSR count). The fraction of sp³-hybridized carbons (Fsp3) is 0.409. The Kier molecular flexibility index (Phi) is 7.98. The molecule has 1 heterocycles. The van der Waals surface area contributed by atoms with Crippen LogP contribution in [0.25, 0.3) is 0 Å². The summed E-state index contributed by atoms with van der Waals surface area (Å²) < 4.78 is 30.0. The zero-order valence-corrected chi connectivity index (χ0v) is 18.1. The van der Waals surface area contributed by atoms with Crippen LogP contribution in [0.1, 0.15) is 27.0 Å². The molecule has 2 aromatic carbocycles. The molecule has 1 saturated heterocycles. The van der Waals surface area contributed by atoms with Crippen LogP contribution >= 0.6 is 0 Å². The lowest BCUT2D eigenvalue weighted by Gasteiger charge is -2.26. The Morgan fingerprint density at radius 3 is 2.20 bits per heavy atom. The molecule has 0 radical (unpaired) electrons. The molecule has 2 N–H and O–H groups in total. The van der Waals surface area contributed by atoms with Crippen LogP contribution < -0.4 is 10.0 Å². The Bertz CT molecular complexity index is 922. The zero-order chi connectivity index (χ0) is 21.4. The van der Waals surface area contributed by atoms with E-state index in [2.05, 4.69) is 27.1 Å². The molecule has 1 amide bonds. The highest BCUT2D eigenvalue weighted by Gasteiger charge is 2.11. The topological polar surface area (TPSA) is 87.7 Å². The fourth-order valence-corrected chi connectivity index (χ4v) is 3.74. The van der Waals surface area contributed by atoms with Crippen molar-refractivity contribution in [3.8, 4) is 0 Å². The average Bonchev–Trinajstić information content (AvgIpc) is 2.73. The number of nitrogens with one attached hydrogen (secondary N) is 2. The van der Waals surface area contributed by atoms with Crippen LogP contribution in [0.4, 0.5) is 0 Å². The monoisotopic (exact) mass is 431 g/mol. The lowest BCUT2D eigenvalue weighted by Crippen LogP contribution is -2.35. The molecule has 30 heavy (non-hydrogen) atoms. The van der Waals surface area contributed by atoms with Crippen LogP contribution in [0.2, 0.25) is 0 Å². The molecule has 0 spiro atoms. The van der Waals surface area contributed by atoms with Crippen LogP contribution in [0.5, 0.6) is 0 Å². The van der Waals surface area contributed by atoms with E-state index in [1.807, 2.05) is 24.3 Å². The van der Waals surface area contributed by atoms with E-state index >= 15 is 0 Å². The normalized spacial score (nSPS) is 15.1. The minimum absolute atomic E-state index is 0.131. The predicted molar refractivity (Wildman–Crippen MR) is 117 cm³/mol. The van der Waals surface area contributed by atoms with E-state index in [9.17, 15) is 13.2 Å². The van der Waals surface area contributed by atoms with Gasteiger partial charge in [0, 0.05) is 38.3 Å². The van der Waals surface area contributed by atoms with E-state index in [-0.39, 0.29) is 5.91 Å². The maximum atomic E-state index is 12.4. The molecular weight excluding hydrogens is 402 g/mol. The van der Waals surface area contributed by atoms with Gasteiger partial charge in [0.25, 0.3) is 5.91 Å². The van der Waals surface area contributed by atoms with Gasteiger partial charge >= 0.3 is 0 Å². The maximum Gasteiger partial charge on any atom is 0.251 e. The number of hydrogen-bond acceptors (Lipinski definition) is 5. The number of sulfonamides is 1. The Hall–Kier alpha value is -2.26. The number of carbonyl (C=O) groups excluding carboxylic acids is 1. The van der Waals surface area contributed by atoms with Crippen molar-refractivity contribution in [1.82, 2.24) is 14.9 Å². The second-order valence-corrected chi connectivity index (χ2v) is 9.33. The highest BCUT2D eigenvalue weighted by molar-refractivity contribution is 7.88. The summed E-state index contributed by atoms with van der Waals surface area (Å²) >= 11 is 0. The zero-order valence-electron chi connectivity index (χ0n) is 17.3. The van der Waals surface area contributed by atoms with Gasteiger partial charge in [0.05, 0.1) is 19.5 Å². The van der Waals surface area contributed by atoms with Gasteiger partial charge in [-0.05, 0) is 35.2 Å². The van der Waals surface area contributed by atoms with Gasteiger partial charge in [0.1, 0.15) is 0 Å². The predicted octanol–water partition coefficient (Wildman–Crippen LogP) is 1.54. The molecule has 162 valence electrons.